The number of likely N-dealkylation sites (tertiary alicyclic amines) is 1. The Kier molecular flexibility index (Phi) is 5.39. The first-order chi connectivity index (χ1) is 8.70. The fourth-order valence-electron chi connectivity index (χ4n) is 2.34. The molecule has 0 bridgehead atoms. The third-order valence-corrected chi connectivity index (χ3v) is 3.11. The minimum absolute atomic E-state index is 0.167. The molecule has 4 heteroatoms. The first-order valence-corrected chi connectivity index (χ1v) is 7.23. The Morgan fingerprint density at radius 2 is 1.89 bits per heavy atom. The van der Waals surface area contributed by atoms with Gasteiger partial charge in [0.05, 0.1) is 6.04 Å². The Morgan fingerprint density at radius 3 is 2.42 bits per heavy atom. The maximum Gasteiger partial charge on any atom is 0.410 e. The molecule has 0 aromatic rings. The zero-order valence-corrected chi connectivity index (χ0v) is 12.9. The number of hydrogen-bond acceptors (Lipinski definition) is 3. The van der Waals surface area contributed by atoms with Crippen molar-refractivity contribution in [2.45, 2.75) is 71.9 Å². The zero-order valence-electron chi connectivity index (χ0n) is 12.9. The lowest BCUT2D eigenvalue weighted by Crippen LogP contribution is -2.49. The average molecular weight is 269 g/mol. The van der Waals surface area contributed by atoms with Crippen LogP contribution < -0.4 is 0 Å². The smallest absolute Gasteiger partial charge is 0.410 e. The van der Waals surface area contributed by atoms with Gasteiger partial charge in [0, 0.05) is 13.0 Å². The summed E-state index contributed by atoms with van der Waals surface area (Å²) in [7, 11) is 0. The van der Waals surface area contributed by atoms with Crippen molar-refractivity contribution in [2.24, 2.45) is 5.92 Å². The van der Waals surface area contributed by atoms with Crippen molar-refractivity contribution in [3.63, 3.8) is 0 Å². The number of hydrogen-bond donors (Lipinski definition) is 0. The van der Waals surface area contributed by atoms with E-state index in [-0.39, 0.29) is 17.9 Å². The van der Waals surface area contributed by atoms with Crippen LogP contribution in [-0.4, -0.2) is 35.0 Å². The highest BCUT2D eigenvalue weighted by atomic mass is 16.6. The molecule has 1 amide bonds. The van der Waals surface area contributed by atoms with Gasteiger partial charge in [0.25, 0.3) is 0 Å². The number of ether oxygens (including phenoxy) is 1. The van der Waals surface area contributed by atoms with Gasteiger partial charge in [-0.15, -0.1) is 0 Å². The van der Waals surface area contributed by atoms with Gasteiger partial charge in [-0.05, 0) is 46.0 Å². The fourth-order valence-corrected chi connectivity index (χ4v) is 2.34. The van der Waals surface area contributed by atoms with Crippen LogP contribution >= 0.6 is 0 Å². The second kappa shape index (κ2) is 6.40. The Bertz CT molecular complexity index is 331. The van der Waals surface area contributed by atoms with Gasteiger partial charge < -0.3 is 4.74 Å². The van der Waals surface area contributed by atoms with Crippen molar-refractivity contribution in [1.82, 2.24) is 4.90 Å². The average Bonchev–Trinajstić information content (AvgIpc) is 2.25. The van der Waals surface area contributed by atoms with E-state index in [0.717, 1.165) is 19.3 Å². The van der Waals surface area contributed by atoms with Crippen LogP contribution in [0.1, 0.15) is 60.3 Å². The predicted molar refractivity (Wildman–Crippen MR) is 75.0 cm³/mol. The van der Waals surface area contributed by atoms with E-state index in [2.05, 4.69) is 0 Å². The van der Waals surface area contributed by atoms with E-state index >= 15 is 0 Å². The van der Waals surface area contributed by atoms with E-state index in [4.69, 9.17) is 4.74 Å². The van der Waals surface area contributed by atoms with Gasteiger partial charge >= 0.3 is 6.09 Å². The van der Waals surface area contributed by atoms with Crippen molar-refractivity contribution in [3.8, 4) is 0 Å². The van der Waals surface area contributed by atoms with Crippen molar-refractivity contribution in [3.05, 3.63) is 0 Å². The molecule has 0 aliphatic carbocycles. The Hall–Kier alpha value is -1.06. The van der Waals surface area contributed by atoms with Crippen LogP contribution in [0.2, 0.25) is 0 Å². The van der Waals surface area contributed by atoms with Crippen molar-refractivity contribution in [2.75, 3.05) is 6.54 Å². The number of carbonyl (C=O) groups excluding carboxylic acids is 2. The van der Waals surface area contributed by atoms with Gasteiger partial charge in [-0.3, -0.25) is 9.69 Å². The van der Waals surface area contributed by atoms with Crippen LogP contribution in [0.15, 0.2) is 0 Å². The van der Waals surface area contributed by atoms with E-state index in [1.165, 1.54) is 0 Å². The minimum atomic E-state index is -0.514. The van der Waals surface area contributed by atoms with Crippen LogP contribution in [0, 0.1) is 5.92 Å². The van der Waals surface area contributed by atoms with Gasteiger partial charge in [0.1, 0.15) is 5.60 Å². The van der Waals surface area contributed by atoms with E-state index in [1.54, 1.807) is 4.90 Å². The highest BCUT2D eigenvalue weighted by Crippen LogP contribution is 2.22. The third kappa shape index (κ3) is 5.21. The van der Waals surface area contributed by atoms with Gasteiger partial charge in [0.15, 0.2) is 5.78 Å². The molecule has 0 N–H and O–H groups in total. The Morgan fingerprint density at radius 1 is 1.26 bits per heavy atom. The van der Waals surface area contributed by atoms with Crippen LogP contribution in [0.25, 0.3) is 0 Å². The third-order valence-electron chi connectivity index (χ3n) is 3.11. The van der Waals surface area contributed by atoms with Crippen molar-refractivity contribution in [1.29, 1.82) is 0 Å². The quantitative estimate of drug-likeness (QED) is 0.789. The molecule has 110 valence electrons. The zero-order chi connectivity index (χ0) is 14.6. The summed E-state index contributed by atoms with van der Waals surface area (Å²) in [5.74, 6) is 0.496. The number of ketones is 1. The van der Waals surface area contributed by atoms with E-state index in [9.17, 15) is 9.59 Å². The van der Waals surface area contributed by atoms with E-state index in [1.807, 2.05) is 34.6 Å². The lowest BCUT2D eigenvalue weighted by atomic mass is 9.94. The molecule has 1 saturated heterocycles. The molecule has 0 radical (unpaired) electrons. The van der Waals surface area contributed by atoms with Crippen LogP contribution in [0.4, 0.5) is 4.79 Å². The van der Waals surface area contributed by atoms with E-state index in [0.29, 0.717) is 18.9 Å². The van der Waals surface area contributed by atoms with Crippen LogP contribution in [-0.2, 0) is 9.53 Å². The maximum absolute atomic E-state index is 12.2. The highest BCUT2D eigenvalue weighted by Gasteiger charge is 2.34. The van der Waals surface area contributed by atoms with Crippen LogP contribution in [0.3, 0.4) is 0 Å². The minimum Gasteiger partial charge on any atom is -0.444 e. The number of amides is 1. The molecule has 1 aliphatic heterocycles. The van der Waals surface area contributed by atoms with Gasteiger partial charge in [0.2, 0.25) is 0 Å². The molecule has 0 saturated carbocycles. The first kappa shape index (κ1) is 16.0. The summed E-state index contributed by atoms with van der Waals surface area (Å²) >= 11 is 0. The number of carbonyl (C=O) groups is 2. The molecule has 4 nitrogen and oxygen atoms in total. The summed E-state index contributed by atoms with van der Waals surface area (Å²) in [6, 6.07) is -0.286. The molecule has 1 rings (SSSR count). The second-order valence-corrected chi connectivity index (χ2v) is 6.75. The summed E-state index contributed by atoms with van der Waals surface area (Å²) in [4.78, 5) is 26.0. The van der Waals surface area contributed by atoms with Gasteiger partial charge in [-0.25, -0.2) is 4.79 Å². The topological polar surface area (TPSA) is 46.6 Å². The largest absolute Gasteiger partial charge is 0.444 e. The number of Topliss-reactive ketones (excluding diaryl/α,β-unsaturated/α-hetero) is 1. The summed E-state index contributed by atoms with van der Waals surface area (Å²) < 4.78 is 5.40. The predicted octanol–water partition coefficient (Wildman–Crippen LogP) is 3.39. The standard InChI is InChI=1S/C15H27NO3/c1-11(2)10-13(17)12-8-6-7-9-16(12)14(18)19-15(3,4)5/h11-12H,6-10H2,1-5H3. The molecule has 1 aliphatic rings. The molecule has 0 aromatic carbocycles. The van der Waals surface area contributed by atoms with Crippen LogP contribution in [0.5, 0.6) is 0 Å². The number of rotatable bonds is 3. The van der Waals surface area contributed by atoms with Crippen molar-refractivity contribution < 1.29 is 14.3 Å². The summed E-state index contributed by atoms with van der Waals surface area (Å²) in [6.45, 7) is 10.2. The van der Waals surface area contributed by atoms with Crippen molar-refractivity contribution >= 4 is 11.9 Å². The summed E-state index contributed by atoms with van der Waals surface area (Å²) in [5.41, 5.74) is -0.514. The molecule has 1 heterocycles. The summed E-state index contributed by atoms with van der Waals surface area (Å²) in [5, 5.41) is 0. The Balaban J connectivity index is 2.72. The molecule has 1 unspecified atom stereocenters. The molecule has 0 spiro atoms. The Labute approximate surface area is 116 Å². The highest BCUT2D eigenvalue weighted by molar-refractivity contribution is 5.87. The number of piperidine rings is 1. The first-order valence-electron chi connectivity index (χ1n) is 7.23. The molecular weight excluding hydrogens is 242 g/mol. The number of nitrogens with zero attached hydrogens (tertiary/aromatic N) is 1. The second-order valence-electron chi connectivity index (χ2n) is 6.75. The van der Waals surface area contributed by atoms with Gasteiger partial charge in [-0.1, -0.05) is 13.8 Å². The SMILES string of the molecule is CC(C)CC(=O)C1CCCCN1C(=O)OC(C)(C)C. The molecule has 1 fully saturated rings. The lowest BCUT2D eigenvalue weighted by Gasteiger charge is -2.36. The molecule has 0 aromatic heterocycles. The summed E-state index contributed by atoms with van der Waals surface area (Å²) in [6.07, 6.45) is 2.90. The van der Waals surface area contributed by atoms with Gasteiger partial charge in [-0.2, -0.15) is 0 Å². The molecular formula is C15H27NO3. The normalized spacial score (nSPS) is 20.5. The molecule has 19 heavy (non-hydrogen) atoms. The maximum atomic E-state index is 12.2. The fraction of sp³-hybridized carbons (Fsp3) is 0.867. The monoisotopic (exact) mass is 269 g/mol. The lowest BCUT2D eigenvalue weighted by molar-refractivity contribution is -0.126. The van der Waals surface area contributed by atoms with E-state index < -0.39 is 5.60 Å². The molecule has 1 atom stereocenters.